The number of rotatable bonds is 8. The van der Waals surface area contributed by atoms with E-state index in [0.717, 1.165) is 24.0 Å². The Morgan fingerprint density at radius 2 is 1.72 bits per heavy atom. The van der Waals surface area contributed by atoms with Gasteiger partial charge in [0, 0.05) is 5.56 Å². The van der Waals surface area contributed by atoms with Crippen LogP contribution in [0.25, 0.3) is 11.3 Å². The molecule has 6 nitrogen and oxygen atoms in total. The van der Waals surface area contributed by atoms with Crippen LogP contribution < -0.4 is 5.32 Å². The molecule has 1 heterocycles. The van der Waals surface area contributed by atoms with Crippen molar-refractivity contribution in [3.05, 3.63) is 77.6 Å². The van der Waals surface area contributed by atoms with Gasteiger partial charge in [0.15, 0.2) is 6.61 Å². The van der Waals surface area contributed by atoms with Gasteiger partial charge in [0.05, 0.1) is 6.04 Å². The molecule has 3 rings (SSSR count). The van der Waals surface area contributed by atoms with Crippen LogP contribution in [0.2, 0.25) is 0 Å². The second-order valence-electron chi connectivity index (χ2n) is 6.72. The number of esters is 1. The monoisotopic (exact) mass is 392 g/mol. The predicted octanol–water partition coefficient (Wildman–Crippen LogP) is 4.46. The fraction of sp³-hybridized carbons (Fsp3) is 0.261. The molecule has 0 radical (unpaired) electrons. The molecule has 0 spiro atoms. The maximum absolute atomic E-state index is 12.6. The van der Waals surface area contributed by atoms with Crippen LogP contribution in [0.4, 0.5) is 0 Å². The van der Waals surface area contributed by atoms with Crippen LogP contribution in [0.3, 0.4) is 0 Å². The summed E-state index contributed by atoms with van der Waals surface area (Å²) < 4.78 is 10.4. The SMILES string of the molecule is CCC[C@H](NC(=O)COC(=O)c1c(-c2ccccc2)noc1C)c1ccccc1. The molecular weight excluding hydrogens is 368 g/mol. The van der Waals surface area contributed by atoms with Crippen LogP contribution in [0.5, 0.6) is 0 Å². The Balaban J connectivity index is 1.65. The van der Waals surface area contributed by atoms with Gasteiger partial charge in [-0.1, -0.05) is 79.2 Å². The van der Waals surface area contributed by atoms with Gasteiger partial charge in [-0.25, -0.2) is 4.79 Å². The minimum absolute atomic E-state index is 0.121. The van der Waals surface area contributed by atoms with E-state index in [9.17, 15) is 9.59 Å². The molecule has 150 valence electrons. The summed E-state index contributed by atoms with van der Waals surface area (Å²) in [4.78, 5) is 25.0. The van der Waals surface area contributed by atoms with Gasteiger partial charge in [0.2, 0.25) is 0 Å². The van der Waals surface area contributed by atoms with Gasteiger partial charge in [-0.2, -0.15) is 0 Å². The third-order valence-corrected chi connectivity index (χ3v) is 4.56. The van der Waals surface area contributed by atoms with Gasteiger partial charge in [-0.15, -0.1) is 0 Å². The summed E-state index contributed by atoms with van der Waals surface area (Å²) in [6, 6.07) is 18.8. The fourth-order valence-electron chi connectivity index (χ4n) is 3.14. The molecule has 3 aromatic rings. The number of carbonyl (C=O) groups is 2. The molecule has 0 unspecified atom stereocenters. The average Bonchev–Trinajstić information content (AvgIpc) is 3.14. The number of aryl methyl sites for hydroxylation is 1. The van der Waals surface area contributed by atoms with Crippen LogP contribution >= 0.6 is 0 Å². The van der Waals surface area contributed by atoms with Crippen LogP contribution in [-0.4, -0.2) is 23.6 Å². The molecule has 0 aliphatic heterocycles. The molecule has 1 N–H and O–H groups in total. The van der Waals surface area contributed by atoms with Gasteiger partial charge in [0.25, 0.3) is 5.91 Å². The van der Waals surface area contributed by atoms with Crippen LogP contribution in [0, 0.1) is 6.92 Å². The standard InChI is InChI=1S/C23H24N2O4/c1-3-10-19(17-11-6-4-7-12-17)24-20(26)15-28-23(27)21-16(2)29-25-22(21)18-13-8-5-9-14-18/h4-9,11-14,19H,3,10,15H2,1-2H3,(H,24,26)/t19-/m0/s1. The first-order valence-electron chi connectivity index (χ1n) is 9.63. The largest absolute Gasteiger partial charge is 0.452 e. The smallest absolute Gasteiger partial charge is 0.344 e. The maximum atomic E-state index is 12.6. The van der Waals surface area contributed by atoms with Gasteiger partial charge >= 0.3 is 5.97 Å². The highest BCUT2D eigenvalue weighted by Crippen LogP contribution is 2.25. The lowest BCUT2D eigenvalue weighted by Gasteiger charge is -2.18. The van der Waals surface area contributed by atoms with Gasteiger partial charge in [-0.3, -0.25) is 4.79 Å². The lowest BCUT2D eigenvalue weighted by atomic mass is 10.0. The minimum atomic E-state index is -0.635. The molecular formula is C23H24N2O4. The molecule has 1 aromatic heterocycles. The van der Waals surface area contributed by atoms with E-state index in [-0.39, 0.29) is 24.1 Å². The van der Waals surface area contributed by atoms with Crippen LogP contribution in [0.15, 0.2) is 65.2 Å². The van der Waals surface area contributed by atoms with E-state index < -0.39 is 5.97 Å². The Kier molecular flexibility index (Phi) is 6.79. The molecule has 29 heavy (non-hydrogen) atoms. The number of nitrogens with zero attached hydrogens (tertiary/aromatic N) is 1. The normalized spacial score (nSPS) is 11.7. The molecule has 0 saturated carbocycles. The van der Waals surface area contributed by atoms with Crippen molar-refractivity contribution in [3.8, 4) is 11.3 Å². The van der Waals surface area contributed by atoms with E-state index in [1.54, 1.807) is 6.92 Å². The van der Waals surface area contributed by atoms with Crippen LogP contribution in [-0.2, 0) is 9.53 Å². The number of ether oxygens (including phenoxy) is 1. The van der Waals surface area contributed by atoms with Crippen LogP contribution in [0.1, 0.15) is 47.5 Å². The van der Waals surface area contributed by atoms with Gasteiger partial charge in [-0.05, 0) is 18.9 Å². The molecule has 1 atom stereocenters. The highest BCUT2D eigenvalue weighted by atomic mass is 16.5. The number of benzene rings is 2. The predicted molar refractivity (Wildman–Crippen MR) is 109 cm³/mol. The second kappa shape index (κ2) is 9.68. The molecule has 0 aliphatic carbocycles. The zero-order valence-electron chi connectivity index (χ0n) is 16.6. The van der Waals surface area contributed by atoms with Gasteiger partial charge < -0.3 is 14.6 Å². The molecule has 2 aromatic carbocycles. The molecule has 0 saturated heterocycles. The minimum Gasteiger partial charge on any atom is -0.452 e. The number of nitrogens with one attached hydrogen (secondary N) is 1. The second-order valence-corrected chi connectivity index (χ2v) is 6.72. The lowest BCUT2D eigenvalue weighted by molar-refractivity contribution is -0.125. The van der Waals surface area contributed by atoms with Crippen molar-refractivity contribution >= 4 is 11.9 Å². The molecule has 6 heteroatoms. The van der Waals surface area contributed by atoms with Crippen molar-refractivity contribution in [1.29, 1.82) is 0 Å². The van der Waals surface area contributed by atoms with E-state index in [1.807, 2.05) is 60.7 Å². The topological polar surface area (TPSA) is 81.4 Å². The Morgan fingerprint density at radius 1 is 1.07 bits per heavy atom. The average molecular weight is 392 g/mol. The number of hydrogen-bond donors (Lipinski definition) is 1. The Bertz CT molecular complexity index is 952. The number of amides is 1. The van der Waals surface area contributed by atoms with E-state index in [0.29, 0.717) is 11.5 Å². The highest BCUT2D eigenvalue weighted by molar-refractivity contribution is 5.98. The van der Waals surface area contributed by atoms with E-state index in [2.05, 4.69) is 17.4 Å². The van der Waals surface area contributed by atoms with E-state index in [1.165, 1.54) is 0 Å². The molecule has 1 amide bonds. The third kappa shape index (κ3) is 5.10. The third-order valence-electron chi connectivity index (χ3n) is 4.56. The van der Waals surface area contributed by atoms with Crippen molar-refractivity contribution in [2.45, 2.75) is 32.7 Å². The Hall–Kier alpha value is -3.41. The maximum Gasteiger partial charge on any atom is 0.344 e. The summed E-state index contributed by atoms with van der Waals surface area (Å²) in [5.41, 5.74) is 2.40. The Labute approximate surface area is 169 Å². The zero-order chi connectivity index (χ0) is 20.6. The van der Waals surface area contributed by atoms with E-state index >= 15 is 0 Å². The number of hydrogen-bond acceptors (Lipinski definition) is 5. The highest BCUT2D eigenvalue weighted by Gasteiger charge is 2.24. The summed E-state index contributed by atoms with van der Waals surface area (Å²) >= 11 is 0. The van der Waals surface area contributed by atoms with E-state index in [4.69, 9.17) is 9.26 Å². The summed E-state index contributed by atoms with van der Waals surface area (Å²) in [6.45, 7) is 3.33. The fourth-order valence-corrected chi connectivity index (χ4v) is 3.14. The first-order chi connectivity index (χ1) is 14.1. The van der Waals surface area contributed by atoms with Crippen molar-refractivity contribution < 1.29 is 18.8 Å². The summed E-state index contributed by atoms with van der Waals surface area (Å²) in [6.07, 6.45) is 1.71. The molecule has 0 bridgehead atoms. The van der Waals surface area contributed by atoms with Crippen molar-refractivity contribution in [3.63, 3.8) is 0 Å². The Morgan fingerprint density at radius 3 is 2.38 bits per heavy atom. The summed E-state index contributed by atoms with van der Waals surface area (Å²) in [5, 5.41) is 6.91. The zero-order valence-corrected chi connectivity index (χ0v) is 16.6. The number of aromatic nitrogens is 1. The quantitative estimate of drug-likeness (QED) is 0.572. The first kappa shape index (κ1) is 20.3. The van der Waals surface area contributed by atoms with Gasteiger partial charge in [0.1, 0.15) is 17.0 Å². The first-order valence-corrected chi connectivity index (χ1v) is 9.63. The van der Waals surface area contributed by atoms with Crippen molar-refractivity contribution in [2.24, 2.45) is 0 Å². The number of carbonyl (C=O) groups excluding carboxylic acids is 2. The van der Waals surface area contributed by atoms with Crippen molar-refractivity contribution in [1.82, 2.24) is 10.5 Å². The lowest BCUT2D eigenvalue weighted by Crippen LogP contribution is -2.32. The summed E-state index contributed by atoms with van der Waals surface area (Å²) in [5.74, 6) is -0.636. The molecule has 0 fully saturated rings. The van der Waals surface area contributed by atoms with Crippen molar-refractivity contribution in [2.75, 3.05) is 6.61 Å². The molecule has 0 aliphatic rings. The summed E-state index contributed by atoms with van der Waals surface area (Å²) in [7, 11) is 0.